The minimum absolute atomic E-state index is 0.0243. The zero-order valence-electron chi connectivity index (χ0n) is 15.6. The second-order valence-electron chi connectivity index (χ2n) is 7.41. The number of carbonyl (C=O) groups is 2. The van der Waals surface area contributed by atoms with Crippen LogP contribution >= 0.6 is 0 Å². The quantitative estimate of drug-likeness (QED) is 0.766. The van der Waals surface area contributed by atoms with Crippen LogP contribution in [0.3, 0.4) is 0 Å². The molecule has 1 aliphatic carbocycles. The van der Waals surface area contributed by atoms with Crippen LogP contribution in [0.2, 0.25) is 0 Å². The fourth-order valence-corrected chi connectivity index (χ4v) is 3.57. The standard InChI is InChI=1S/C16H22N4O2.C2HF3O2/c21-15(19-8-11-2-3-11)13-9-20(16-17-5-1-6-18-16)10-14-12(13)4-7-22-14;3-2(4,5)1(6)7/h1,5-6,11-14H,2-4,7-10H2,(H,19,21);(H,6,7)/t12-,13-,14+;/m0./s1. The molecular weight excluding hydrogens is 393 g/mol. The van der Waals surface area contributed by atoms with Gasteiger partial charge in [-0.1, -0.05) is 0 Å². The summed E-state index contributed by atoms with van der Waals surface area (Å²) in [4.78, 5) is 32.2. The summed E-state index contributed by atoms with van der Waals surface area (Å²) in [5, 5.41) is 10.3. The third-order valence-corrected chi connectivity index (χ3v) is 5.27. The maximum atomic E-state index is 12.6. The van der Waals surface area contributed by atoms with Crippen molar-refractivity contribution in [2.24, 2.45) is 17.8 Å². The summed E-state index contributed by atoms with van der Waals surface area (Å²) in [6.07, 6.45) is 2.01. The molecule has 1 aromatic rings. The smallest absolute Gasteiger partial charge is 0.475 e. The van der Waals surface area contributed by atoms with Crippen LogP contribution in [-0.2, 0) is 14.3 Å². The lowest BCUT2D eigenvalue weighted by molar-refractivity contribution is -0.192. The van der Waals surface area contributed by atoms with E-state index in [1.807, 2.05) is 6.07 Å². The maximum absolute atomic E-state index is 12.6. The van der Waals surface area contributed by atoms with Crippen molar-refractivity contribution in [3.8, 4) is 0 Å². The molecular formula is C18H23F3N4O4. The van der Waals surface area contributed by atoms with Crippen LogP contribution in [0.25, 0.3) is 0 Å². The number of halogens is 3. The van der Waals surface area contributed by atoms with Crippen molar-refractivity contribution in [1.82, 2.24) is 15.3 Å². The number of nitrogens with zero attached hydrogens (tertiary/aromatic N) is 3. The predicted molar refractivity (Wildman–Crippen MR) is 95.0 cm³/mol. The molecule has 3 fully saturated rings. The van der Waals surface area contributed by atoms with E-state index in [4.69, 9.17) is 14.6 Å². The van der Waals surface area contributed by atoms with Crippen LogP contribution in [0.1, 0.15) is 19.3 Å². The molecule has 0 bridgehead atoms. The zero-order valence-corrected chi connectivity index (χ0v) is 15.6. The molecule has 11 heteroatoms. The topological polar surface area (TPSA) is 105 Å². The van der Waals surface area contributed by atoms with Gasteiger partial charge in [0.2, 0.25) is 11.9 Å². The Hall–Kier alpha value is -2.43. The Labute approximate surface area is 165 Å². The van der Waals surface area contributed by atoms with E-state index in [9.17, 15) is 18.0 Å². The van der Waals surface area contributed by atoms with Crippen molar-refractivity contribution in [3.63, 3.8) is 0 Å². The highest BCUT2D eigenvalue weighted by Gasteiger charge is 2.44. The molecule has 2 aliphatic heterocycles. The monoisotopic (exact) mass is 416 g/mol. The van der Waals surface area contributed by atoms with Crippen LogP contribution in [0.15, 0.2) is 18.5 Å². The Kier molecular flexibility index (Phi) is 6.56. The van der Waals surface area contributed by atoms with Crippen molar-refractivity contribution < 1.29 is 32.6 Å². The lowest BCUT2D eigenvalue weighted by Crippen LogP contribution is -2.53. The number of ether oxygens (including phenoxy) is 1. The number of piperidine rings is 1. The van der Waals surface area contributed by atoms with Gasteiger partial charge in [0, 0.05) is 44.6 Å². The Morgan fingerprint density at radius 1 is 1.21 bits per heavy atom. The molecule has 0 unspecified atom stereocenters. The van der Waals surface area contributed by atoms with E-state index in [-0.39, 0.29) is 17.9 Å². The third kappa shape index (κ3) is 5.78. The average Bonchev–Trinajstić information content (AvgIpc) is 3.40. The average molecular weight is 416 g/mol. The lowest BCUT2D eigenvalue weighted by Gasteiger charge is -2.39. The van der Waals surface area contributed by atoms with Crippen LogP contribution in [0.4, 0.5) is 19.1 Å². The first-order chi connectivity index (χ1) is 13.8. The van der Waals surface area contributed by atoms with Gasteiger partial charge < -0.3 is 20.1 Å². The highest BCUT2D eigenvalue weighted by molar-refractivity contribution is 5.80. The summed E-state index contributed by atoms with van der Waals surface area (Å²) in [5.41, 5.74) is 0. The molecule has 3 atom stereocenters. The molecule has 8 nitrogen and oxygen atoms in total. The Bertz CT molecular complexity index is 715. The summed E-state index contributed by atoms with van der Waals surface area (Å²) >= 11 is 0. The summed E-state index contributed by atoms with van der Waals surface area (Å²) in [6.45, 7) is 3.05. The Morgan fingerprint density at radius 2 is 1.86 bits per heavy atom. The van der Waals surface area contributed by atoms with Crippen molar-refractivity contribution in [1.29, 1.82) is 0 Å². The van der Waals surface area contributed by atoms with Gasteiger partial charge in [-0.2, -0.15) is 13.2 Å². The van der Waals surface area contributed by atoms with Crippen molar-refractivity contribution in [2.75, 3.05) is 31.1 Å². The van der Waals surface area contributed by atoms with E-state index in [2.05, 4.69) is 20.2 Å². The third-order valence-electron chi connectivity index (χ3n) is 5.27. The molecule has 0 spiro atoms. The van der Waals surface area contributed by atoms with Gasteiger partial charge in [0.25, 0.3) is 0 Å². The number of hydrogen-bond donors (Lipinski definition) is 2. The maximum Gasteiger partial charge on any atom is 0.490 e. The number of aliphatic carboxylic acids is 1. The fourth-order valence-electron chi connectivity index (χ4n) is 3.57. The zero-order chi connectivity index (χ0) is 21.0. The molecule has 3 aliphatic rings. The first-order valence-corrected chi connectivity index (χ1v) is 9.47. The number of anilines is 1. The molecule has 1 amide bonds. The highest BCUT2D eigenvalue weighted by atomic mass is 19.4. The van der Waals surface area contributed by atoms with E-state index in [1.54, 1.807) is 12.4 Å². The summed E-state index contributed by atoms with van der Waals surface area (Å²) < 4.78 is 37.6. The largest absolute Gasteiger partial charge is 0.490 e. The molecule has 160 valence electrons. The van der Waals surface area contributed by atoms with E-state index in [0.29, 0.717) is 24.3 Å². The molecule has 2 saturated heterocycles. The van der Waals surface area contributed by atoms with Gasteiger partial charge >= 0.3 is 12.1 Å². The van der Waals surface area contributed by atoms with Crippen LogP contribution in [0.5, 0.6) is 0 Å². The van der Waals surface area contributed by atoms with E-state index < -0.39 is 12.1 Å². The molecule has 29 heavy (non-hydrogen) atoms. The van der Waals surface area contributed by atoms with Gasteiger partial charge in [-0.25, -0.2) is 14.8 Å². The van der Waals surface area contributed by atoms with Crippen LogP contribution in [0, 0.1) is 17.8 Å². The summed E-state index contributed by atoms with van der Waals surface area (Å²) in [5.74, 6) is -0.878. The van der Waals surface area contributed by atoms with E-state index in [1.165, 1.54) is 12.8 Å². The Balaban J connectivity index is 0.000000298. The fraction of sp³-hybridized carbons (Fsp3) is 0.667. The number of aromatic nitrogens is 2. The van der Waals surface area contributed by atoms with E-state index in [0.717, 1.165) is 26.1 Å². The first-order valence-electron chi connectivity index (χ1n) is 9.47. The second kappa shape index (κ2) is 8.93. The number of alkyl halides is 3. The second-order valence-corrected chi connectivity index (χ2v) is 7.41. The van der Waals surface area contributed by atoms with Gasteiger partial charge in [-0.15, -0.1) is 0 Å². The van der Waals surface area contributed by atoms with Crippen molar-refractivity contribution in [3.05, 3.63) is 18.5 Å². The van der Waals surface area contributed by atoms with Crippen LogP contribution in [-0.4, -0.2) is 65.5 Å². The van der Waals surface area contributed by atoms with E-state index >= 15 is 0 Å². The summed E-state index contributed by atoms with van der Waals surface area (Å²) in [7, 11) is 0. The minimum Gasteiger partial charge on any atom is -0.475 e. The van der Waals surface area contributed by atoms with Crippen LogP contribution < -0.4 is 10.2 Å². The molecule has 1 saturated carbocycles. The van der Waals surface area contributed by atoms with Crippen molar-refractivity contribution >= 4 is 17.8 Å². The predicted octanol–water partition coefficient (Wildman–Crippen LogP) is 1.48. The number of rotatable bonds is 4. The first kappa shape index (κ1) is 21.3. The highest BCUT2D eigenvalue weighted by Crippen LogP contribution is 2.35. The van der Waals surface area contributed by atoms with Gasteiger partial charge in [-0.05, 0) is 31.2 Å². The number of nitrogens with one attached hydrogen (secondary N) is 1. The molecule has 2 N–H and O–H groups in total. The lowest BCUT2D eigenvalue weighted by atomic mass is 9.82. The minimum atomic E-state index is -5.08. The number of fused-ring (bicyclic) bond motifs is 1. The number of amides is 1. The summed E-state index contributed by atoms with van der Waals surface area (Å²) in [6, 6.07) is 1.81. The molecule has 0 aromatic carbocycles. The molecule has 1 aromatic heterocycles. The molecule has 0 radical (unpaired) electrons. The number of carbonyl (C=O) groups excluding carboxylic acids is 1. The normalized spacial score (nSPS) is 26.2. The number of carboxylic acids is 1. The molecule has 4 rings (SSSR count). The SMILES string of the molecule is O=C(NCC1CC1)[C@H]1CN(c2ncccn2)C[C@H]2OCC[C@@H]12.O=C(O)C(F)(F)F. The molecule has 3 heterocycles. The van der Waals surface area contributed by atoms with Gasteiger partial charge in [0.1, 0.15) is 0 Å². The van der Waals surface area contributed by atoms with Gasteiger partial charge in [0.05, 0.1) is 12.0 Å². The van der Waals surface area contributed by atoms with Crippen molar-refractivity contribution in [2.45, 2.75) is 31.5 Å². The van der Waals surface area contributed by atoms with Gasteiger partial charge in [-0.3, -0.25) is 4.79 Å². The Morgan fingerprint density at radius 3 is 2.45 bits per heavy atom. The van der Waals surface area contributed by atoms with Gasteiger partial charge in [0.15, 0.2) is 0 Å². The number of carboxylic acid groups (broad SMARTS) is 1. The number of hydrogen-bond acceptors (Lipinski definition) is 6.